The van der Waals surface area contributed by atoms with E-state index in [0.29, 0.717) is 6.29 Å². The van der Waals surface area contributed by atoms with Gasteiger partial charge in [0.05, 0.1) is 0 Å². The molecule has 2 rings (SSSR count). The standard InChI is InChI=1S/C15H12O4/c16-10-11-5-4-8-13(9-11)15(18,19)14(17)12-6-2-1-3-7-12/h1-10,18-19H. The Bertz CT molecular complexity index is 603. The number of aliphatic hydroxyl groups is 2. The highest BCUT2D eigenvalue weighted by Crippen LogP contribution is 2.23. The monoisotopic (exact) mass is 256 g/mol. The lowest BCUT2D eigenvalue weighted by Gasteiger charge is -2.20. The first-order valence-corrected chi connectivity index (χ1v) is 5.66. The van der Waals surface area contributed by atoms with Crippen molar-refractivity contribution in [2.45, 2.75) is 5.79 Å². The third-order valence-corrected chi connectivity index (χ3v) is 2.78. The summed E-state index contributed by atoms with van der Waals surface area (Å²) in [5.41, 5.74) is 0.417. The molecule has 0 amide bonds. The van der Waals surface area contributed by atoms with E-state index in [4.69, 9.17) is 0 Å². The summed E-state index contributed by atoms with van der Waals surface area (Å²) in [6.45, 7) is 0. The summed E-state index contributed by atoms with van der Waals surface area (Å²) in [4.78, 5) is 22.8. The van der Waals surface area contributed by atoms with Crippen LogP contribution in [-0.2, 0) is 5.79 Å². The molecule has 0 atom stereocenters. The summed E-state index contributed by atoms with van der Waals surface area (Å²) in [5.74, 6) is -3.49. The summed E-state index contributed by atoms with van der Waals surface area (Å²) in [7, 11) is 0. The van der Waals surface area contributed by atoms with Gasteiger partial charge in [0.25, 0.3) is 5.79 Å². The van der Waals surface area contributed by atoms with Gasteiger partial charge < -0.3 is 10.2 Å². The van der Waals surface area contributed by atoms with Gasteiger partial charge in [-0.2, -0.15) is 0 Å². The van der Waals surface area contributed by atoms with Gasteiger partial charge in [-0.1, -0.05) is 48.5 Å². The lowest BCUT2D eigenvalue weighted by atomic mass is 9.95. The number of hydrogen-bond acceptors (Lipinski definition) is 4. The van der Waals surface area contributed by atoms with Crippen LogP contribution in [0.2, 0.25) is 0 Å². The Morgan fingerprint density at radius 3 is 2.32 bits per heavy atom. The molecule has 4 heteroatoms. The Morgan fingerprint density at radius 2 is 1.68 bits per heavy atom. The minimum Gasteiger partial charge on any atom is -0.356 e. The average Bonchev–Trinajstić information content (AvgIpc) is 2.47. The molecule has 0 fully saturated rings. The molecule has 4 nitrogen and oxygen atoms in total. The van der Waals surface area contributed by atoms with E-state index in [1.54, 1.807) is 18.2 Å². The highest BCUT2D eigenvalue weighted by molar-refractivity contribution is 6.01. The third-order valence-electron chi connectivity index (χ3n) is 2.78. The van der Waals surface area contributed by atoms with Crippen molar-refractivity contribution in [2.24, 2.45) is 0 Å². The first kappa shape index (κ1) is 13.1. The Morgan fingerprint density at radius 1 is 1.00 bits per heavy atom. The number of benzene rings is 2. The van der Waals surface area contributed by atoms with Gasteiger partial charge in [-0.25, -0.2) is 0 Å². The SMILES string of the molecule is O=Cc1cccc(C(O)(O)C(=O)c2ccccc2)c1. The Hall–Kier alpha value is -2.30. The van der Waals surface area contributed by atoms with Crippen LogP contribution in [-0.4, -0.2) is 22.3 Å². The molecule has 0 aromatic heterocycles. The zero-order valence-electron chi connectivity index (χ0n) is 9.98. The van der Waals surface area contributed by atoms with Crippen molar-refractivity contribution < 1.29 is 19.8 Å². The van der Waals surface area contributed by atoms with Crippen LogP contribution in [0.25, 0.3) is 0 Å². The molecule has 0 saturated carbocycles. The van der Waals surface area contributed by atoms with Crippen LogP contribution in [0.5, 0.6) is 0 Å². The van der Waals surface area contributed by atoms with Crippen LogP contribution < -0.4 is 0 Å². The molecule has 0 bridgehead atoms. The lowest BCUT2D eigenvalue weighted by molar-refractivity contribution is -0.128. The first-order valence-electron chi connectivity index (χ1n) is 5.66. The zero-order valence-corrected chi connectivity index (χ0v) is 9.98. The predicted octanol–water partition coefficient (Wildman–Crippen LogP) is 1.52. The number of aldehydes is 1. The Kier molecular flexibility index (Phi) is 3.55. The quantitative estimate of drug-likeness (QED) is 0.494. The fourth-order valence-electron chi connectivity index (χ4n) is 1.75. The van der Waals surface area contributed by atoms with E-state index in [2.05, 4.69) is 0 Å². The number of hydrogen-bond donors (Lipinski definition) is 2. The van der Waals surface area contributed by atoms with Crippen molar-refractivity contribution in [3.63, 3.8) is 0 Å². The second-order valence-corrected chi connectivity index (χ2v) is 4.11. The fraction of sp³-hybridized carbons (Fsp3) is 0.0667. The highest BCUT2D eigenvalue weighted by atomic mass is 16.5. The summed E-state index contributed by atoms with van der Waals surface area (Å²) in [5, 5.41) is 20.0. The molecular weight excluding hydrogens is 244 g/mol. The first-order chi connectivity index (χ1) is 9.05. The van der Waals surface area contributed by atoms with Gasteiger partial charge in [-0.3, -0.25) is 9.59 Å². The van der Waals surface area contributed by atoms with Crippen molar-refractivity contribution in [2.75, 3.05) is 0 Å². The van der Waals surface area contributed by atoms with E-state index in [1.807, 2.05) is 0 Å². The number of carbonyl (C=O) groups is 2. The second-order valence-electron chi connectivity index (χ2n) is 4.11. The molecule has 0 aliphatic carbocycles. The topological polar surface area (TPSA) is 74.6 Å². The lowest BCUT2D eigenvalue weighted by Crippen LogP contribution is -2.35. The van der Waals surface area contributed by atoms with Gasteiger partial charge >= 0.3 is 0 Å². The van der Waals surface area contributed by atoms with E-state index in [1.165, 1.54) is 36.4 Å². The van der Waals surface area contributed by atoms with Crippen LogP contribution in [0.15, 0.2) is 54.6 Å². The minimum atomic E-state index is -2.65. The van der Waals surface area contributed by atoms with Gasteiger partial charge in [-0.05, 0) is 6.07 Å². The second kappa shape index (κ2) is 5.14. The molecule has 0 saturated heterocycles. The predicted molar refractivity (Wildman–Crippen MR) is 68.7 cm³/mol. The zero-order chi connectivity index (χ0) is 13.9. The van der Waals surface area contributed by atoms with Gasteiger partial charge in [0.15, 0.2) is 0 Å². The molecule has 0 aliphatic heterocycles. The number of rotatable bonds is 4. The molecule has 96 valence electrons. The maximum atomic E-state index is 12.1. The Balaban J connectivity index is 2.41. The van der Waals surface area contributed by atoms with Gasteiger partial charge in [-0.15, -0.1) is 0 Å². The third kappa shape index (κ3) is 2.59. The minimum absolute atomic E-state index is 0.0362. The van der Waals surface area contributed by atoms with Crippen molar-refractivity contribution in [1.29, 1.82) is 0 Å². The van der Waals surface area contributed by atoms with Gasteiger partial charge in [0.1, 0.15) is 6.29 Å². The Labute approximate surface area is 109 Å². The van der Waals surface area contributed by atoms with Crippen molar-refractivity contribution in [1.82, 2.24) is 0 Å². The summed E-state index contributed by atoms with van der Waals surface area (Å²) in [6, 6.07) is 13.6. The van der Waals surface area contributed by atoms with Crippen molar-refractivity contribution >= 4 is 12.1 Å². The summed E-state index contributed by atoms with van der Waals surface area (Å²) >= 11 is 0. The number of Topliss-reactive ketones (excluding diaryl/α,β-unsaturated/α-hetero) is 1. The maximum absolute atomic E-state index is 12.1. The fourth-order valence-corrected chi connectivity index (χ4v) is 1.75. The molecule has 2 N–H and O–H groups in total. The van der Waals surface area contributed by atoms with Crippen molar-refractivity contribution in [3.05, 3.63) is 71.3 Å². The van der Waals surface area contributed by atoms with Crippen LogP contribution in [0, 0.1) is 0 Å². The molecule has 2 aromatic carbocycles. The maximum Gasteiger partial charge on any atom is 0.256 e. The molecule has 0 spiro atoms. The summed E-state index contributed by atoms with van der Waals surface area (Å²) in [6.07, 6.45) is 0.576. The molecular formula is C15H12O4. The smallest absolute Gasteiger partial charge is 0.256 e. The molecule has 0 heterocycles. The van der Waals surface area contributed by atoms with Crippen LogP contribution in [0.1, 0.15) is 26.3 Å². The van der Waals surface area contributed by atoms with Crippen LogP contribution in [0.3, 0.4) is 0 Å². The molecule has 0 unspecified atom stereocenters. The van der Waals surface area contributed by atoms with Gasteiger partial charge in [0.2, 0.25) is 5.78 Å². The molecule has 2 aromatic rings. The highest BCUT2D eigenvalue weighted by Gasteiger charge is 2.36. The van der Waals surface area contributed by atoms with Gasteiger partial charge in [0, 0.05) is 16.7 Å². The molecule has 0 aliphatic rings. The molecule has 0 radical (unpaired) electrons. The normalized spacial score (nSPS) is 11.1. The van der Waals surface area contributed by atoms with Crippen LogP contribution >= 0.6 is 0 Å². The van der Waals surface area contributed by atoms with E-state index >= 15 is 0 Å². The van der Waals surface area contributed by atoms with E-state index in [0.717, 1.165) is 0 Å². The van der Waals surface area contributed by atoms with E-state index in [9.17, 15) is 19.8 Å². The van der Waals surface area contributed by atoms with E-state index in [-0.39, 0.29) is 16.7 Å². The van der Waals surface area contributed by atoms with Crippen molar-refractivity contribution in [3.8, 4) is 0 Å². The van der Waals surface area contributed by atoms with E-state index < -0.39 is 11.6 Å². The van der Waals surface area contributed by atoms with Crippen LogP contribution in [0.4, 0.5) is 0 Å². The number of ketones is 1. The average molecular weight is 256 g/mol. The largest absolute Gasteiger partial charge is 0.356 e. The number of carbonyl (C=O) groups excluding carboxylic acids is 2. The molecule has 19 heavy (non-hydrogen) atoms. The summed E-state index contributed by atoms with van der Waals surface area (Å²) < 4.78 is 0.